The molecule has 0 radical (unpaired) electrons. The van der Waals surface area contributed by atoms with E-state index < -0.39 is 0 Å². The normalized spacial score (nSPS) is 28.7. The summed E-state index contributed by atoms with van der Waals surface area (Å²) in [5.41, 5.74) is 0.918. The van der Waals surface area contributed by atoms with Crippen molar-refractivity contribution in [2.75, 3.05) is 38.3 Å². The third-order valence-corrected chi connectivity index (χ3v) is 6.54. The molecule has 2 fully saturated rings. The maximum atomic E-state index is 12.4. The van der Waals surface area contributed by atoms with Crippen LogP contribution in [0.2, 0.25) is 0 Å². The van der Waals surface area contributed by atoms with Gasteiger partial charge in [0.1, 0.15) is 5.75 Å². The van der Waals surface area contributed by atoms with Crippen molar-refractivity contribution in [3.8, 4) is 5.75 Å². The van der Waals surface area contributed by atoms with Crippen LogP contribution in [0.1, 0.15) is 39.0 Å². The highest BCUT2D eigenvalue weighted by atomic mass is 16.5. The van der Waals surface area contributed by atoms with Crippen molar-refractivity contribution < 1.29 is 14.3 Å². The molecule has 3 heterocycles. The van der Waals surface area contributed by atoms with Gasteiger partial charge < -0.3 is 14.4 Å². The molecule has 0 spiro atoms. The van der Waals surface area contributed by atoms with Gasteiger partial charge in [0.05, 0.1) is 5.69 Å². The predicted octanol–water partition coefficient (Wildman–Crippen LogP) is 3.33. The zero-order valence-electron chi connectivity index (χ0n) is 16.6. The largest absolute Gasteiger partial charge is 0.482 e. The summed E-state index contributed by atoms with van der Waals surface area (Å²) in [5.74, 6) is 2.16. The Kier molecular flexibility index (Phi) is 5.69. The summed E-state index contributed by atoms with van der Waals surface area (Å²) in [6, 6.07) is 9.32. The molecule has 1 aromatic carbocycles. The van der Waals surface area contributed by atoms with Crippen molar-refractivity contribution >= 4 is 11.6 Å². The summed E-state index contributed by atoms with van der Waals surface area (Å²) < 4.78 is 10.9. The van der Waals surface area contributed by atoms with Gasteiger partial charge in [-0.25, -0.2) is 0 Å². The molecule has 5 heteroatoms. The minimum atomic E-state index is 0.0711. The molecule has 3 aliphatic heterocycles. The van der Waals surface area contributed by atoms with Crippen LogP contribution in [0.4, 0.5) is 5.69 Å². The molecule has 2 bridgehead atoms. The van der Waals surface area contributed by atoms with Gasteiger partial charge in [0, 0.05) is 38.9 Å². The van der Waals surface area contributed by atoms with Crippen LogP contribution in [-0.4, -0.2) is 56.3 Å². The van der Waals surface area contributed by atoms with Gasteiger partial charge in [-0.1, -0.05) is 19.1 Å². The van der Waals surface area contributed by atoms with E-state index in [9.17, 15) is 4.79 Å². The Balaban J connectivity index is 1.36. The quantitative estimate of drug-likeness (QED) is 0.736. The van der Waals surface area contributed by atoms with Gasteiger partial charge in [0.15, 0.2) is 6.61 Å². The van der Waals surface area contributed by atoms with Gasteiger partial charge in [-0.3, -0.25) is 9.69 Å². The molecule has 1 aromatic rings. The molecular formula is C22H32N2O3. The SMILES string of the molecule is COCCC1CC2CC[C@@H](C1)N2CC(C)CN1C(=O)COc2ccccc21. The number of benzene rings is 1. The first-order valence-corrected chi connectivity index (χ1v) is 10.4. The second-order valence-electron chi connectivity index (χ2n) is 8.57. The maximum Gasteiger partial charge on any atom is 0.265 e. The molecule has 3 aliphatic rings. The van der Waals surface area contributed by atoms with E-state index in [1.54, 1.807) is 7.11 Å². The second-order valence-corrected chi connectivity index (χ2v) is 8.57. The standard InChI is InChI=1S/C22H32N2O3/c1-16(14-24-20-5-3-4-6-21(20)27-15-22(24)25)13-23-18-7-8-19(23)12-17(11-18)9-10-26-2/h3-6,16-19H,7-15H2,1-2H3/t16?,17?,18-,19?/m0/s1. The Hall–Kier alpha value is -1.59. The molecule has 5 nitrogen and oxygen atoms in total. The van der Waals surface area contributed by atoms with E-state index in [0.29, 0.717) is 5.92 Å². The third kappa shape index (κ3) is 3.99. The molecule has 0 aliphatic carbocycles. The number of rotatable bonds is 7. The van der Waals surface area contributed by atoms with Gasteiger partial charge in [-0.2, -0.15) is 0 Å². The first-order valence-electron chi connectivity index (χ1n) is 10.4. The molecule has 148 valence electrons. The maximum absolute atomic E-state index is 12.4. The monoisotopic (exact) mass is 372 g/mol. The van der Waals surface area contributed by atoms with Gasteiger partial charge in [-0.15, -0.1) is 0 Å². The fourth-order valence-electron chi connectivity index (χ4n) is 5.29. The molecule has 2 saturated heterocycles. The number of para-hydroxylation sites is 2. The van der Waals surface area contributed by atoms with Crippen molar-refractivity contribution in [1.82, 2.24) is 4.90 Å². The molecular weight excluding hydrogens is 340 g/mol. The lowest BCUT2D eigenvalue weighted by Gasteiger charge is -2.41. The van der Waals surface area contributed by atoms with Crippen LogP contribution in [0.3, 0.4) is 0 Å². The van der Waals surface area contributed by atoms with Crippen LogP contribution in [0.5, 0.6) is 5.75 Å². The number of methoxy groups -OCH3 is 1. The highest BCUT2D eigenvalue weighted by Crippen LogP contribution is 2.40. The highest BCUT2D eigenvalue weighted by molar-refractivity contribution is 5.97. The number of ether oxygens (including phenoxy) is 2. The summed E-state index contributed by atoms with van der Waals surface area (Å²) >= 11 is 0. The van der Waals surface area contributed by atoms with E-state index in [1.807, 2.05) is 29.2 Å². The molecule has 0 saturated carbocycles. The van der Waals surface area contributed by atoms with Crippen LogP contribution in [0.25, 0.3) is 0 Å². The Bertz CT molecular complexity index is 651. The molecule has 4 atom stereocenters. The Morgan fingerprint density at radius 3 is 2.67 bits per heavy atom. The van der Waals surface area contributed by atoms with Crippen LogP contribution >= 0.6 is 0 Å². The van der Waals surface area contributed by atoms with E-state index >= 15 is 0 Å². The fraction of sp³-hybridized carbons (Fsp3) is 0.682. The number of carbonyl (C=O) groups is 1. The number of nitrogens with zero attached hydrogens (tertiary/aromatic N) is 2. The molecule has 27 heavy (non-hydrogen) atoms. The molecule has 3 unspecified atom stereocenters. The minimum Gasteiger partial charge on any atom is -0.482 e. The lowest BCUT2D eigenvalue weighted by molar-refractivity contribution is -0.121. The number of carbonyl (C=O) groups excluding carboxylic acids is 1. The summed E-state index contributed by atoms with van der Waals surface area (Å²) in [5, 5.41) is 0. The zero-order chi connectivity index (χ0) is 18.8. The Morgan fingerprint density at radius 2 is 1.93 bits per heavy atom. The second kappa shape index (κ2) is 8.19. The number of piperidine rings is 1. The average molecular weight is 373 g/mol. The van der Waals surface area contributed by atoms with E-state index in [2.05, 4.69) is 11.8 Å². The van der Waals surface area contributed by atoms with Crippen LogP contribution in [0, 0.1) is 11.8 Å². The van der Waals surface area contributed by atoms with E-state index in [0.717, 1.165) is 49.1 Å². The molecule has 0 aromatic heterocycles. The van der Waals surface area contributed by atoms with Crippen LogP contribution in [0.15, 0.2) is 24.3 Å². The van der Waals surface area contributed by atoms with E-state index in [1.165, 1.54) is 32.1 Å². The summed E-state index contributed by atoms with van der Waals surface area (Å²) in [7, 11) is 1.80. The first kappa shape index (κ1) is 18.8. The number of anilines is 1. The predicted molar refractivity (Wildman–Crippen MR) is 106 cm³/mol. The van der Waals surface area contributed by atoms with Crippen molar-refractivity contribution in [3.63, 3.8) is 0 Å². The minimum absolute atomic E-state index is 0.0711. The number of amides is 1. The van der Waals surface area contributed by atoms with E-state index in [-0.39, 0.29) is 12.5 Å². The van der Waals surface area contributed by atoms with Gasteiger partial charge >= 0.3 is 0 Å². The number of hydrogen-bond donors (Lipinski definition) is 0. The topological polar surface area (TPSA) is 42.0 Å². The van der Waals surface area contributed by atoms with Crippen LogP contribution < -0.4 is 9.64 Å². The lowest BCUT2D eigenvalue weighted by Crippen LogP contribution is -2.48. The van der Waals surface area contributed by atoms with Crippen molar-refractivity contribution in [1.29, 1.82) is 0 Å². The number of hydrogen-bond acceptors (Lipinski definition) is 4. The lowest BCUT2D eigenvalue weighted by atomic mass is 9.88. The summed E-state index contributed by atoms with van der Waals surface area (Å²) in [6.07, 6.45) is 6.49. The van der Waals surface area contributed by atoms with Crippen molar-refractivity contribution in [3.05, 3.63) is 24.3 Å². The molecule has 4 rings (SSSR count). The first-order chi connectivity index (χ1) is 13.2. The van der Waals surface area contributed by atoms with E-state index in [4.69, 9.17) is 9.47 Å². The number of fused-ring (bicyclic) bond motifs is 3. The zero-order valence-corrected chi connectivity index (χ0v) is 16.6. The van der Waals surface area contributed by atoms with Gasteiger partial charge in [-0.05, 0) is 56.1 Å². The summed E-state index contributed by atoms with van der Waals surface area (Å²) in [6.45, 7) is 5.17. The Labute approximate surface area is 162 Å². The van der Waals surface area contributed by atoms with Crippen molar-refractivity contribution in [2.24, 2.45) is 11.8 Å². The molecule has 0 N–H and O–H groups in total. The Morgan fingerprint density at radius 1 is 1.19 bits per heavy atom. The highest BCUT2D eigenvalue weighted by Gasteiger charge is 2.41. The van der Waals surface area contributed by atoms with Gasteiger partial charge in [0.2, 0.25) is 0 Å². The average Bonchev–Trinajstić information content (AvgIpc) is 2.90. The summed E-state index contributed by atoms with van der Waals surface area (Å²) in [4.78, 5) is 17.1. The van der Waals surface area contributed by atoms with Crippen molar-refractivity contribution in [2.45, 2.75) is 51.1 Å². The van der Waals surface area contributed by atoms with Gasteiger partial charge in [0.25, 0.3) is 5.91 Å². The third-order valence-electron chi connectivity index (χ3n) is 6.54. The fourth-order valence-corrected chi connectivity index (χ4v) is 5.29. The van der Waals surface area contributed by atoms with Crippen LogP contribution in [-0.2, 0) is 9.53 Å². The molecule has 1 amide bonds. The smallest absolute Gasteiger partial charge is 0.265 e.